The van der Waals surface area contributed by atoms with Gasteiger partial charge in [-0.15, -0.1) is 0 Å². The molecule has 1 aliphatic rings. The van der Waals surface area contributed by atoms with Crippen LogP contribution in [0.1, 0.15) is 43.6 Å². The van der Waals surface area contributed by atoms with Gasteiger partial charge in [-0.1, -0.05) is 12.8 Å². The zero-order chi connectivity index (χ0) is 13.6. The van der Waals surface area contributed by atoms with Crippen molar-refractivity contribution in [1.82, 2.24) is 14.5 Å². The first-order valence-electron chi connectivity index (χ1n) is 6.36. The average molecular weight is 267 g/mol. The molecule has 0 aliphatic heterocycles. The van der Waals surface area contributed by atoms with E-state index >= 15 is 0 Å². The first-order valence-corrected chi connectivity index (χ1v) is 6.24. The van der Waals surface area contributed by atoms with E-state index < -0.39 is 5.97 Å². The predicted molar refractivity (Wildman–Crippen MR) is 67.0 cm³/mol. The summed E-state index contributed by atoms with van der Waals surface area (Å²) in [5.41, 5.74) is 0.612. The lowest BCUT2D eigenvalue weighted by Gasteiger charge is -2.14. The number of nitrogens with zero attached hydrogens (tertiary/aromatic N) is 3. The molecule has 1 N–H and O–H groups in total. The zero-order valence-electron chi connectivity index (χ0n) is 10.6. The highest BCUT2D eigenvalue weighted by atomic mass is 35.5. The molecule has 2 heterocycles. The van der Waals surface area contributed by atoms with Crippen LogP contribution in [0.2, 0.25) is 5.28 Å². The Hall–Kier alpha value is -1.62. The minimum atomic E-state index is -1.01. The van der Waals surface area contributed by atoms with Crippen LogP contribution in [0.25, 0.3) is 11.0 Å². The van der Waals surface area contributed by atoms with E-state index in [4.69, 9.17) is 13.0 Å². The van der Waals surface area contributed by atoms with Crippen molar-refractivity contribution in [2.75, 3.05) is 0 Å². The van der Waals surface area contributed by atoms with Gasteiger partial charge < -0.3 is 9.67 Å². The lowest BCUT2D eigenvalue weighted by atomic mass is 10.2. The normalized spacial score (nSPS) is 17.3. The maximum atomic E-state index is 11.4. The van der Waals surface area contributed by atoms with E-state index in [0.29, 0.717) is 11.0 Å². The summed E-state index contributed by atoms with van der Waals surface area (Å²) in [4.78, 5) is 19.3. The third-order valence-electron chi connectivity index (χ3n) is 3.39. The standard InChI is InChI=1S/C12H12ClN3O2/c13-12-14-6-7-5-9(11(17)18)16(10(7)15-12)8-3-1-2-4-8/h5-6,8H,1-4H2,(H,17,18)/i6D. The van der Waals surface area contributed by atoms with Gasteiger partial charge in [0, 0.05) is 17.6 Å². The molecule has 2 aromatic heterocycles. The van der Waals surface area contributed by atoms with Crippen LogP contribution >= 0.6 is 11.6 Å². The van der Waals surface area contributed by atoms with Crippen LogP contribution < -0.4 is 0 Å². The summed E-state index contributed by atoms with van der Waals surface area (Å²) in [6.45, 7) is 0. The van der Waals surface area contributed by atoms with Gasteiger partial charge in [-0.05, 0) is 30.5 Å². The van der Waals surface area contributed by atoms with Crippen molar-refractivity contribution in [2.24, 2.45) is 0 Å². The Bertz CT molecular complexity index is 665. The first-order chi connectivity index (χ1) is 9.08. The Balaban J connectivity index is 2.31. The molecular weight excluding hydrogens is 254 g/mol. The molecule has 6 heteroatoms. The summed E-state index contributed by atoms with van der Waals surface area (Å²) in [6.07, 6.45) is 3.98. The molecule has 5 nitrogen and oxygen atoms in total. The number of carboxylic acid groups (broad SMARTS) is 1. The number of halogens is 1. The highest BCUT2D eigenvalue weighted by Gasteiger charge is 2.25. The Kier molecular flexibility index (Phi) is 2.43. The molecule has 0 atom stereocenters. The minimum Gasteiger partial charge on any atom is -0.477 e. The summed E-state index contributed by atoms with van der Waals surface area (Å²) in [6, 6.07) is 1.59. The van der Waals surface area contributed by atoms with Crippen molar-refractivity contribution in [3.63, 3.8) is 0 Å². The summed E-state index contributed by atoms with van der Waals surface area (Å²) in [7, 11) is 0. The molecular formula is C12H12ClN3O2. The molecule has 3 rings (SSSR count). The second-order valence-electron chi connectivity index (χ2n) is 4.48. The van der Waals surface area contributed by atoms with Gasteiger partial charge in [-0.2, -0.15) is 4.98 Å². The van der Waals surface area contributed by atoms with Crippen LogP contribution in [0.15, 0.2) is 12.2 Å². The number of aromatic carboxylic acids is 1. The van der Waals surface area contributed by atoms with Gasteiger partial charge in [0.2, 0.25) is 5.28 Å². The number of hydrogen-bond acceptors (Lipinski definition) is 3. The maximum absolute atomic E-state index is 11.4. The molecule has 0 amide bonds. The Labute approximate surface area is 110 Å². The molecule has 0 radical (unpaired) electrons. The quantitative estimate of drug-likeness (QED) is 0.849. The molecule has 0 unspecified atom stereocenters. The van der Waals surface area contributed by atoms with Crippen molar-refractivity contribution < 1.29 is 11.3 Å². The first kappa shape index (κ1) is 10.3. The fraction of sp³-hybridized carbons (Fsp3) is 0.417. The van der Waals surface area contributed by atoms with Gasteiger partial charge in [0.15, 0.2) is 0 Å². The van der Waals surface area contributed by atoms with Crippen LogP contribution in [-0.2, 0) is 0 Å². The van der Waals surface area contributed by atoms with Crippen molar-refractivity contribution in [2.45, 2.75) is 31.7 Å². The largest absolute Gasteiger partial charge is 0.477 e. The van der Waals surface area contributed by atoms with Crippen molar-refractivity contribution in [3.8, 4) is 0 Å². The van der Waals surface area contributed by atoms with E-state index in [2.05, 4.69) is 9.97 Å². The Morgan fingerprint density at radius 2 is 2.28 bits per heavy atom. The number of carbonyl (C=O) groups is 1. The summed E-state index contributed by atoms with van der Waals surface area (Å²) in [5, 5.41) is 9.74. The molecule has 0 spiro atoms. The van der Waals surface area contributed by atoms with Gasteiger partial charge in [0.05, 0.1) is 1.37 Å². The maximum Gasteiger partial charge on any atom is 0.352 e. The van der Waals surface area contributed by atoms with Gasteiger partial charge in [0.1, 0.15) is 11.3 Å². The van der Waals surface area contributed by atoms with Crippen LogP contribution in [0, 0.1) is 0 Å². The highest BCUT2D eigenvalue weighted by molar-refractivity contribution is 6.28. The van der Waals surface area contributed by atoms with Gasteiger partial charge >= 0.3 is 5.97 Å². The van der Waals surface area contributed by atoms with E-state index in [9.17, 15) is 9.90 Å². The Morgan fingerprint density at radius 3 is 2.94 bits per heavy atom. The highest BCUT2D eigenvalue weighted by Crippen LogP contribution is 2.34. The predicted octanol–water partition coefficient (Wildman–Crippen LogP) is 2.90. The van der Waals surface area contributed by atoms with E-state index in [1.54, 1.807) is 4.57 Å². The number of hydrogen-bond donors (Lipinski definition) is 1. The summed E-state index contributed by atoms with van der Waals surface area (Å²) >= 11 is 5.79. The number of fused-ring (bicyclic) bond motifs is 1. The smallest absolute Gasteiger partial charge is 0.352 e. The van der Waals surface area contributed by atoms with Crippen LogP contribution in [0.5, 0.6) is 0 Å². The van der Waals surface area contributed by atoms with Gasteiger partial charge in [0.25, 0.3) is 0 Å². The van der Waals surface area contributed by atoms with Gasteiger partial charge in [-0.3, -0.25) is 0 Å². The van der Waals surface area contributed by atoms with Gasteiger partial charge in [-0.25, -0.2) is 9.78 Å². The van der Waals surface area contributed by atoms with E-state index in [1.165, 1.54) is 6.07 Å². The lowest BCUT2D eigenvalue weighted by molar-refractivity contribution is 0.0683. The molecule has 94 valence electrons. The fourth-order valence-corrected chi connectivity index (χ4v) is 2.75. The third kappa shape index (κ3) is 1.75. The second kappa shape index (κ2) is 4.24. The third-order valence-corrected chi connectivity index (χ3v) is 3.55. The molecule has 0 aromatic carbocycles. The monoisotopic (exact) mass is 266 g/mol. The average Bonchev–Trinajstić information content (AvgIpc) is 2.93. The van der Waals surface area contributed by atoms with Crippen LogP contribution in [-0.4, -0.2) is 25.6 Å². The van der Waals surface area contributed by atoms with Crippen LogP contribution in [0.4, 0.5) is 0 Å². The van der Waals surface area contributed by atoms with Crippen LogP contribution in [0.3, 0.4) is 0 Å². The summed E-state index contributed by atoms with van der Waals surface area (Å²) < 4.78 is 9.49. The fourth-order valence-electron chi connectivity index (χ4n) is 2.63. The second-order valence-corrected chi connectivity index (χ2v) is 4.82. The number of rotatable bonds is 2. The zero-order valence-corrected chi connectivity index (χ0v) is 10.3. The lowest BCUT2D eigenvalue weighted by Crippen LogP contribution is -2.13. The topological polar surface area (TPSA) is 68.0 Å². The van der Waals surface area contributed by atoms with E-state index in [0.717, 1.165) is 25.7 Å². The molecule has 1 aliphatic carbocycles. The molecule has 0 saturated heterocycles. The van der Waals surface area contributed by atoms with E-state index in [-0.39, 0.29) is 23.2 Å². The summed E-state index contributed by atoms with van der Waals surface area (Å²) in [5.74, 6) is -1.01. The minimum absolute atomic E-state index is 0.0215. The van der Waals surface area contributed by atoms with Crippen molar-refractivity contribution in [3.05, 3.63) is 23.2 Å². The van der Waals surface area contributed by atoms with Crippen molar-refractivity contribution >= 4 is 28.6 Å². The molecule has 0 bridgehead atoms. The number of aromatic nitrogens is 3. The molecule has 2 aromatic rings. The Morgan fingerprint density at radius 1 is 1.56 bits per heavy atom. The van der Waals surface area contributed by atoms with Crippen molar-refractivity contribution in [1.29, 1.82) is 0 Å². The molecule has 1 saturated carbocycles. The SMILES string of the molecule is [2H]c1nc(Cl)nc2c1cc(C(=O)O)n2C1CCCC1. The molecule has 18 heavy (non-hydrogen) atoms. The molecule has 1 fully saturated rings. The van der Waals surface area contributed by atoms with E-state index in [1.807, 2.05) is 0 Å². The number of carboxylic acids is 1.